The van der Waals surface area contributed by atoms with E-state index in [9.17, 15) is 14.4 Å². The smallest absolute Gasteiger partial charge is 0.331 e. The summed E-state index contributed by atoms with van der Waals surface area (Å²) in [7, 11) is 1.39. The lowest BCUT2D eigenvalue weighted by Gasteiger charge is -2.25. The van der Waals surface area contributed by atoms with Crippen LogP contribution in [0.3, 0.4) is 0 Å². The summed E-state index contributed by atoms with van der Waals surface area (Å²) in [6, 6.07) is 0.411. The van der Waals surface area contributed by atoms with E-state index < -0.39 is 36.8 Å². The van der Waals surface area contributed by atoms with Crippen LogP contribution in [0.25, 0.3) is 0 Å². The van der Waals surface area contributed by atoms with E-state index in [0.29, 0.717) is 25.6 Å². The molecule has 11 heteroatoms. The minimum atomic E-state index is -1.07. The predicted octanol–water partition coefficient (Wildman–Crippen LogP) is 1.48. The number of methoxy groups -OCH3 is 1. The summed E-state index contributed by atoms with van der Waals surface area (Å²) in [4.78, 5) is 40.7. The SMILES string of the molecule is COc1ccnc(C(=O)N[C@H]2COCC[C@@H](OCC(C)C)[C@H](C)OC2=O)c1OCOC(C)=O. The number of carbonyl (C=O) groups is 3. The Morgan fingerprint density at radius 1 is 1.33 bits per heavy atom. The van der Waals surface area contributed by atoms with Crippen LogP contribution in [0.5, 0.6) is 11.5 Å². The monoisotopic (exact) mass is 468 g/mol. The van der Waals surface area contributed by atoms with Gasteiger partial charge in [-0.3, -0.25) is 9.59 Å². The maximum atomic E-state index is 12.9. The van der Waals surface area contributed by atoms with Gasteiger partial charge in [-0.2, -0.15) is 0 Å². The Morgan fingerprint density at radius 3 is 2.76 bits per heavy atom. The van der Waals surface area contributed by atoms with Gasteiger partial charge < -0.3 is 33.7 Å². The molecule has 1 aliphatic rings. The molecule has 0 unspecified atom stereocenters. The van der Waals surface area contributed by atoms with Crippen molar-refractivity contribution < 1.29 is 42.8 Å². The fraction of sp³-hybridized carbons (Fsp3) is 0.636. The Labute approximate surface area is 193 Å². The predicted molar refractivity (Wildman–Crippen MR) is 115 cm³/mol. The second-order valence-corrected chi connectivity index (χ2v) is 7.89. The molecule has 0 bridgehead atoms. The molecular weight excluding hydrogens is 436 g/mol. The Morgan fingerprint density at radius 2 is 2.09 bits per heavy atom. The number of nitrogens with zero attached hydrogens (tertiary/aromatic N) is 1. The molecule has 1 fully saturated rings. The summed E-state index contributed by atoms with van der Waals surface area (Å²) in [5.41, 5.74) is -0.152. The molecule has 1 saturated heterocycles. The van der Waals surface area contributed by atoms with Crippen LogP contribution in [0.4, 0.5) is 0 Å². The van der Waals surface area contributed by atoms with Crippen LogP contribution in [0.15, 0.2) is 12.3 Å². The molecule has 2 rings (SSSR count). The minimum Gasteiger partial charge on any atom is -0.493 e. The van der Waals surface area contributed by atoms with Gasteiger partial charge in [0.2, 0.25) is 6.79 Å². The highest BCUT2D eigenvalue weighted by atomic mass is 16.7. The van der Waals surface area contributed by atoms with Gasteiger partial charge in [-0.15, -0.1) is 0 Å². The van der Waals surface area contributed by atoms with Gasteiger partial charge in [0.25, 0.3) is 5.91 Å². The van der Waals surface area contributed by atoms with E-state index in [0.717, 1.165) is 0 Å². The molecule has 1 N–H and O–H groups in total. The van der Waals surface area contributed by atoms with Crippen LogP contribution < -0.4 is 14.8 Å². The van der Waals surface area contributed by atoms with Crippen molar-refractivity contribution >= 4 is 17.8 Å². The number of hydrogen-bond donors (Lipinski definition) is 1. The molecule has 0 aromatic carbocycles. The van der Waals surface area contributed by atoms with Gasteiger partial charge in [-0.25, -0.2) is 9.78 Å². The zero-order valence-corrected chi connectivity index (χ0v) is 19.6. The Hall–Kier alpha value is -2.92. The zero-order chi connectivity index (χ0) is 24.4. The number of hydrogen-bond acceptors (Lipinski definition) is 10. The molecule has 1 aliphatic heterocycles. The molecule has 0 saturated carbocycles. The highest BCUT2D eigenvalue weighted by Crippen LogP contribution is 2.29. The van der Waals surface area contributed by atoms with E-state index in [-0.39, 0.29) is 29.9 Å². The van der Waals surface area contributed by atoms with Gasteiger partial charge in [-0.05, 0) is 12.8 Å². The van der Waals surface area contributed by atoms with Crippen molar-refractivity contribution in [2.45, 2.75) is 52.4 Å². The Bertz CT molecular complexity index is 815. The fourth-order valence-electron chi connectivity index (χ4n) is 2.97. The van der Waals surface area contributed by atoms with Crippen LogP contribution >= 0.6 is 0 Å². The summed E-state index contributed by atoms with van der Waals surface area (Å²) in [5, 5.41) is 2.57. The molecule has 3 atom stereocenters. The minimum absolute atomic E-state index is 0.0355. The second-order valence-electron chi connectivity index (χ2n) is 7.89. The summed E-state index contributed by atoms with van der Waals surface area (Å²) in [6.07, 6.45) is 1.07. The summed E-state index contributed by atoms with van der Waals surface area (Å²) in [5.74, 6) is -1.42. The molecule has 33 heavy (non-hydrogen) atoms. The number of aromatic nitrogens is 1. The molecule has 11 nitrogen and oxygen atoms in total. The van der Waals surface area contributed by atoms with Crippen molar-refractivity contribution in [3.63, 3.8) is 0 Å². The maximum absolute atomic E-state index is 12.9. The van der Waals surface area contributed by atoms with Crippen LogP contribution in [0, 0.1) is 5.92 Å². The molecule has 0 aliphatic carbocycles. The van der Waals surface area contributed by atoms with Crippen molar-refractivity contribution in [1.82, 2.24) is 10.3 Å². The van der Waals surface area contributed by atoms with E-state index in [1.54, 1.807) is 6.92 Å². The van der Waals surface area contributed by atoms with Gasteiger partial charge in [0.1, 0.15) is 6.10 Å². The van der Waals surface area contributed by atoms with Gasteiger partial charge in [0.05, 0.1) is 19.8 Å². The van der Waals surface area contributed by atoms with Gasteiger partial charge in [0, 0.05) is 38.8 Å². The quantitative estimate of drug-likeness (QED) is 0.420. The number of cyclic esters (lactones) is 1. The molecule has 0 spiro atoms. The van der Waals surface area contributed by atoms with Crippen molar-refractivity contribution in [1.29, 1.82) is 0 Å². The third kappa shape index (κ3) is 8.17. The fourth-order valence-corrected chi connectivity index (χ4v) is 2.97. The third-order valence-electron chi connectivity index (χ3n) is 4.66. The molecule has 2 heterocycles. The van der Waals surface area contributed by atoms with Gasteiger partial charge in [-0.1, -0.05) is 13.8 Å². The van der Waals surface area contributed by atoms with Crippen molar-refractivity contribution in [3.05, 3.63) is 18.0 Å². The van der Waals surface area contributed by atoms with Crippen LogP contribution in [0.1, 0.15) is 44.6 Å². The van der Waals surface area contributed by atoms with Gasteiger partial charge in [0.15, 0.2) is 23.2 Å². The van der Waals surface area contributed by atoms with Crippen molar-refractivity contribution in [2.24, 2.45) is 5.92 Å². The lowest BCUT2D eigenvalue weighted by Crippen LogP contribution is -2.46. The highest BCUT2D eigenvalue weighted by molar-refractivity contribution is 5.98. The van der Waals surface area contributed by atoms with E-state index in [1.807, 2.05) is 13.8 Å². The number of nitrogens with one attached hydrogen (secondary N) is 1. The first kappa shape index (κ1) is 26.3. The number of rotatable bonds is 9. The van der Waals surface area contributed by atoms with E-state index in [1.165, 1.54) is 26.3 Å². The summed E-state index contributed by atoms with van der Waals surface area (Å²) in [6.45, 7) is 7.38. The van der Waals surface area contributed by atoms with Crippen molar-refractivity contribution in [2.75, 3.05) is 33.7 Å². The second kappa shape index (κ2) is 12.9. The normalized spacial score (nSPS) is 21.3. The van der Waals surface area contributed by atoms with Gasteiger partial charge >= 0.3 is 11.9 Å². The maximum Gasteiger partial charge on any atom is 0.331 e. The summed E-state index contributed by atoms with van der Waals surface area (Å²) < 4.78 is 32.4. The third-order valence-corrected chi connectivity index (χ3v) is 4.66. The number of esters is 2. The highest BCUT2D eigenvalue weighted by Gasteiger charge is 2.31. The van der Waals surface area contributed by atoms with Crippen LogP contribution in [-0.4, -0.2) is 74.8 Å². The largest absolute Gasteiger partial charge is 0.493 e. The first-order valence-corrected chi connectivity index (χ1v) is 10.7. The number of ether oxygens (including phenoxy) is 6. The molecule has 1 amide bonds. The summed E-state index contributed by atoms with van der Waals surface area (Å²) >= 11 is 0. The number of carbonyl (C=O) groups excluding carboxylic acids is 3. The lowest BCUT2D eigenvalue weighted by atomic mass is 10.1. The molecular formula is C22H32N2O9. The zero-order valence-electron chi connectivity index (χ0n) is 19.6. The van der Waals surface area contributed by atoms with Crippen LogP contribution in [-0.2, 0) is 28.5 Å². The van der Waals surface area contributed by atoms with Crippen LogP contribution in [0.2, 0.25) is 0 Å². The topological polar surface area (TPSA) is 132 Å². The number of amides is 1. The first-order valence-electron chi connectivity index (χ1n) is 10.7. The molecule has 0 radical (unpaired) electrons. The lowest BCUT2D eigenvalue weighted by molar-refractivity contribution is -0.158. The Kier molecular flexibility index (Phi) is 10.3. The Balaban J connectivity index is 2.12. The average Bonchev–Trinajstić information content (AvgIpc) is 2.82. The molecule has 1 aromatic heterocycles. The molecule has 184 valence electrons. The first-order chi connectivity index (χ1) is 15.7. The average molecular weight is 469 g/mol. The van der Waals surface area contributed by atoms with E-state index >= 15 is 0 Å². The van der Waals surface area contributed by atoms with Crippen molar-refractivity contribution in [3.8, 4) is 11.5 Å². The van der Waals surface area contributed by atoms with E-state index in [2.05, 4.69) is 10.3 Å². The molecule has 1 aromatic rings. The standard InChI is InChI=1S/C22H32N2O9/c1-13(2)10-30-17-7-9-29-11-16(22(27)33-14(17)3)24-21(26)19-20(32-12-31-15(4)25)18(28-5)6-8-23-19/h6,8,13-14,16-17H,7,9-12H2,1-5H3,(H,24,26)/t14-,16-,17+/m0/s1. The van der Waals surface area contributed by atoms with E-state index in [4.69, 9.17) is 28.4 Å². The number of pyridine rings is 1.